The Labute approximate surface area is 271 Å². The molecule has 4 nitrogen and oxygen atoms in total. The molecule has 0 bridgehead atoms. The summed E-state index contributed by atoms with van der Waals surface area (Å²) in [5.41, 5.74) is 11.8. The first kappa shape index (κ1) is 27.0. The van der Waals surface area contributed by atoms with Gasteiger partial charge in [0.1, 0.15) is 16.7 Å². The van der Waals surface area contributed by atoms with Crippen molar-refractivity contribution < 1.29 is 8.83 Å². The van der Waals surface area contributed by atoms with Crippen LogP contribution in [-0.4, -0.2) is 4.98 Å². The average molecular weight is 605 g/mol. The summed E-state index contributed by atoms with van der Waals surface area (Å²) < 4.78 is 12.5. The molecule has 0 saturated heterocycles. The highest BCUT2D eigenvalue weighted by molar-refractivity contribution is 6.06. The first-order valence-corrected chi connectivity index (χ1v) is 15.7. The van der Waals surface area contributed by atoms with Crippen molar-refractivity contribution in [2.75, 3.05) is 4.90 Å². The van der Waals surface area contributed by atoms with Crippen molar-refractivity contribution in [2.24, 2.45) is 0 Å². The van der Waals surface area contributed by atoms with E-state index in [1.54, 1.807) is 0 Å². The van der Waals surface area contributed by atoms with Gasteiger partial charge in [-0.05, 0) is 65.7 Å². The molecule has 0 fully saturated rings. The lowest BCUT2D eigenvalue weighted by Crippen LogP contribution is -2.11. The van der Waals surface area contributed by atoms with E-state index in [0.717, 1.165) is 77.9 Å². The molecule has 0 spiro atoms. The number of para-hydroxylation sites is 3. The van der Waals surface area contributed by atoms with E-state index in [9.17, 15) is 0 Å². The van der Waals surface area contributed by atoms with Crippen LogP contribution in [0.3, 0.4) is 0 Å². The van der Waals surface area contributed by atoms with E-state index in [1.807, 2.05) is 54.6 Å². The number of aromatic nitrogens is 1. The van der Waals surface area contributed by atoms with Gasteiger partial charge in [0.25, 0.3) is 0 Å². The second-order valence-electron chi connectivity index (χ2n) is 11.6. The predicted octanol–water partition coefficient (Wildman–Crippen LogP) is 12.2. The minimum Gasteiger partial charge on any atom is -0.456 e. The van der Waals surface area contributed by atoms with Gasteiger partial charge in [0.05, 0.1) is 5.69 Å². The molecule has 0 amide bonds. The van der Waals surface area contributed by atoms with Crippen LogP contribution in [0.5, 0.6) is 0 Å². The summed E-state index contributed by atoms with van der Waals surface area (Å²) in [6.45, 7) is 0. The highest BCUT2D eigenvalue weighted by atomic mass is 16.3. The number of benzene rings is 7. The van der Waals surface area contributed by atoms with Gasteiger partial charge >= 0.3 is 0 Å². The summed E-state index contributed by atoms with van der Waals surface area (Å²) in [6.07, 6.45) is 0. The molecule has 7 aromatic carbocycles. The molecule has 47 heavy (non-hydrogen) atoms. The standard InChI is InChI=1S/C43H28N2O2/c1-3-12-29(13-4-1)34-16-7-9-19-38(34)45(33-26-27-37-36-17-8-10-20-39(36)46-41(37)28-33)32-24-22-30(23-25-32)35-18-11-21-40-42(35)44-43(47-40)31-14-5-2-6-15-31/h1-28H. The maximum atomic E-state index is 6.34. The van der Waals surface area contributed by atoms with Crippen LogP contribution in [0, 0.1) is 0 Å². The smallest absolute Gasteiger partial charge is 0.227 e. The molecule has 2 aromatic heterocycles. The Morgan fingerprint density at radius 3 is 1.85 bits per heavy atom. The van der Waals surface area contributed by atoms with Crippen molar-refractivity contribution in [3.63, 3.8) is 0 Å². The van der Waals surface area contributed by atoms with Gasteiger partial charge in [-0.3, -0.25) is 0 Å². The fourth-order valence-corrected chi connectivity index (χ4v) is 6.49. The molecule has 4 heteroatoms. The monoisotopic (exact) mass is 604 g/mol. The second-order valence-corrected chi connectivity index (χ2v) is 11.6. The largest absolute Gasteiger partial charge is 0.456 e. The van der Waals surface area contributed by atoms with E-state index in [1.165, 1.54) is 0 Å². The highest BCUT2D eigenvalue weighted by Crippen LogP contribution is 2.43. The molecule has 0 atom stereocenters. The Bertz CT molecular complexity index is 2510. The van der Waals surface area contributed by atoms with Crippen LogP contribution in [0.2, 0.25) is 0 Å². The van der Waals surface area contributed by atoms with Gasteiger partial charge in [-0.25, -0.2) is 4.98 Å². The zero-order valence-electron chi connectivity index (χ0n) is 25.4. The first-order valence-electron chi connectivity index (χ1n) is 15.7. The number of hydrogen-bond acceptors (Lipinski definition) is 4. The lowest BCUT2D eigenvalue weighted by atomic mass is 10.0. The third kappa shape index (κ3) is 4.75. The summed E-state index contributed by atoms with van der Waals surface area (Å²) in [5, 5.41) is 2.22. The van der Waals surface area contributed by atoms with Gasteiger partial charge in [-0.1, -0.05) is 109 Å². The van der Waals surface area contributed by atoms with Crippen molar-refractivity contribution >= 4 is 50.1 Å². The van der Waals surface area contributed by atoms with E-state index in [4.69, 9.17) is 13.8 Å². The summed E-state index contributed by atoms with van der Waals surface area (Å²) in [7, 11) is 0. The SMILES string of the molecule is c1ccc(-c2nc3c(-c4ccc(N(c5ccc6c(c5)oc5ccccc56)c5ccccc5-c5ccccc5)cc4)cccc3o2)cc1. The Morgan fingerprint density at radius 1 is 0.404 bits per heavy atom. The third-order valence-corrected chi connectivity index (χ3v) is 8.73. The third-order valence-electron chi connectivity index (χ3n) is 8.73. The maximum Gasteiger partial charge on any atom is 0.227 e. The quantitative estimate of drug-likeness (QED) is 0.189. The molecular weight excluding hydrogens is 576 g/mol. The Kier molecular flexibility index (Phi) is 6.43. The highest BCUT2D eigenvalue weighted by Gasteiger charge is 2.19. The van der Waals surface area contributed by atoms with Crippen LogP contribution in [0.15, 0.2) is 179 Å². The van der Waals surface area contributed by atoms with Crippen molar-refractivity contribution in [1.82, 2.24) is 4.98 Å². The lowest BCUT2D eigenvalue weighted by molar-refractivity contribution is 0.620. The Balaban J connectivity index is 1.18. The lowest BCUT2D eigenvalue weighted by Gasteiger charge is -2.28. The summed E-state index contributed by atoms with van der Waals surface area (Å²) in [6, 6.07) is 58.6. The zero-order chi connectivity index (χ0) is 31.2. The van der Waals surface area contributed by atoms with Gasteiger partial charge in [-0.15, -0.1) is 0 Å². The Hall–Kier alpha value is -6.39. The summed E-state index contributed by atoms with van der Waals surface area (Å²) in [5.74, 6) is 0.620. The van der Waals surface area contributed by atoms with E-state index in [-0.39, 0.29) is 0 Å². The summed E-state index contributed by atoms with van der Waals surface area (Å²) >= 11 is 0. The molecule has 0 N–H and O–H groups in total. The molecule has 0 aliphatic carbocycles. The van der Waals surface area contributed by atoms with E-state index >= 15 is 0 Å². The molecule has 9 rings (SSSR count). The second kappa shape index (κ2) is 11.2. The minimum atomic E-state index is 0.620. The number of oxazole rings is 1. The molecule has 222 valence electrons. The number of nitrogens with zero attached hydrogens (tertiary/aromatic N) is 2. The predicted molar refractivity (Wildman–Crippen MR) is 192 cm³/mol. The number of anilines is 3. The molecule has 9 aromatic rings. The number of furan rings is 1. The maximum absolute atomic E-state index is 6.34. The van der Waals surface area contributed by atoms with Crippen LogP contribution < -0.4 is 4.90 Å². The molecule has 0 aliphatic rings. The van der Waals surface area contributed by atoms with Gasteiger partial charge in [0, 0.05) is 44.9 Å². The van der Waals surface area contributed by atoms with Crippen LogP contribution in [-0.2, 0) is 0 Å². The topological polar surface area (TPSA) is 42.4 Å². The van der Waals surface area contributed by atoms with Gasteiger partial charge in [-0.2, -0.15) is 0 Å². The molecule has 2 heterocycles. The molecule has 0 aliphatic heterocycles. The van der Waals surface area contributed by atoms with Gasteiger partial charge in [0.2, 0.25) is 5.89 Å². The summed E-state index contributed by atoms with van der Waals surface area (Å²) in [4.78, 5) is 7.23. The normalized spacial score (nSPS) is 11.4. The number of fused-ring (bicyclic) bond motifs is 4. The van der Waals surface area contributed by atoms with Crippen LogP contribution in [0.25, 0.3) is 66.7 Å². The molecule has 0 radical (unpaired) electrons. The van der Waals surface area contributed by atoms with Gasteiger partial charge < -0.3 is 13.7 Å². The minimum absolute atomic E-state index is 0.620. The number of rotatable bonds is 6. The van der Waals surface area contributed by atoms with E-state index in [2.05, 4.69) is 120 Å². The van der Waals surface area contributed by atoms with E-state index < -0.39 is 0 Å². The molecule has 0 saturated carbocycles. The average Bonchev–Trinajstić information content (AvgIpc) is 3.75. The zero-order valence-corrected chi connectivity index (χ0v) is 25.4. The van der Waals surface area contributed by atoms with Crippen LogP contribution in [0.1, 0.15) is 0 Å². The first-order chi connectivity index (χ1) is 23.3. The fraction of sp³-hybridized carbons (Fsp3) is 0. The van der Waals surface area contributed by atoms with Crippen LogP contribution in [0.4, 0.5) is 17.1 Å². The number of hydrogen-bond donors (Lipinski definition) is 0. The van der Waals surface area contributed by atoms with Crippen molar-refractivity contribution in [1.29, 1.82) is 0 Å². The van der Waals surface area contributed by atoms with Gasteiger partial charge in [0.15, 0.2) is 5.58 Å². The van der Waals surface area contributed by atoms with E-state index in [0.29, 0.717) is 5.89 Å². The van der Waals surface area contributed by atoms with Crippen molar-refractivity contribution in [3.8, 4) is 33.7 Å². The van der Waals surface area contributed by atoms with Crippen molar-refractivity contribution in [2.45, 2.75) is 0 Å². The van der Waals surface area contributed by atoms with Crippen LogP contribution >= 0.6 is 0 Å². The fourth-order valence-electron chi connectivity index (χ4n) is 6.49. The van der Waals surface area contributed by atoms with Crippen molar-refractivity contribution in [3.05, 3.63) is 170 Å². The molecule has 0 unspecified atom stereocenters. The molecular formula is C43H28N2O2. The Morgan fingerprint density at radius 2 is 1.02 bits per heavy atom.